The fourth-order valence-corrected chi connectivity index (χ4v) is 2.86. The third kappa shape index (κ3) is 3.12. The van der Waals surface area contributed by atoms with Crippen LogP contribution < -0.4 is 5.56 Å². The highest BCUT2D eigenvalue weighted by molar-refractivity contribution is 7.07. The minimum absolute atomic E-state index is 0.132. The summed E-state index contributed by atoms with van der Waals surface area (Å²) in [6.45, 7) is 4.83. The fraction of sp³-hybridized carbons (Fsp3) is 0.462. The molecule has 3 heterocycles. The largest absolute Gasteiger partial charge is 0.368 e. The van der Waals surface area contributed by atoms with E-state index in [-0.39, 0.29) is 11.7 Å². The van der Waals surface area contributed by atoms with Crippen LogP contribution in [0.2, 0.25) is 0 Å². The van der Waals surface area contributed by atoms with Crippen molar-refractivity contribution in [3.8, 4) is 0 Å². The topological polar surface area (TPSA) is 71.1 Å². The zero-order valence-electron chi connectivity index (χ0n) is 11.2. The smallest absolute Gasteiger partial charge is 0.251 e. The molecule has 1 N–H and O–H groups in total. The van der Waals surface area contributed by atoms with E-state index in [9.17, 15) is 4.79 Å². The lowest BCUT2D eigenvalue weighted by Gasteiger charge is -2.31. The number of hydrogen-bond donors (Lipinski definition) is 1. The number of rotatable bonds is 3. The molecule has 0 bridgehead atoms. The highest BCUT2D eigenvalue weighted by atomic mass is 32.1. The number of aromatic nitrogens is 3. The van der Waals surface area contributed by atoms with Gasteiger partial charge in [0, 0.05) is 36.8 Å². The Kier molecular flexibility index (Phi) is 3.90. The van der Waals surface area contributed by atoms with Gasteiger partial charge in [-0.25, -0.2) is 9.97 Å². The number of thiazole rings is 1. The van der Waals surface area contributed by atoms with Crippen LogP contribution >= 0.6 is 11.3 Å². The van der Waals surface area contributed by atoms with Crippen molar-refractivity contribution in [2.75, 3.05) is 19.7 Å². The number of H-pyrrole nitrogens is 1. The first-order valence-corrected chi connectivity index (χ1v) is 7.44. The number of aromatic amines is 1. The van der Waals surface area contributed by atoms with E-state index in [4.69, 9.17) is 4.74 Å². The molecule has 1 fully saturated rings. The summed E-state index contributed by atoms with van der Waals surface area (Å²) < 4.78 is 5.73. The maximum Gasteiger partial charge on any atom is 0.251 e. The molecule has 0 spiro atoms. The monoisotopic (exact) mass is 292 g/mol. The quantitative estimate of drug-likeness (QED) is 0.917. The average molecular weight is 292 g/mol. The molecule has 0 aromatic carbocycles. The van der Waals surface area contributed by atoms with Gasteiger partial charge in [0.1, 0.15) is 11.9 Å². The molecular weight excluding hydrogens is 276 g/mol. The van der Waals surface area contributed by atoms with Gasteiger partial charge >= 0.3 is 0 Å². The fourth-order valence-electron chi connectivity index (χ4n) is 2.31. The minimum Gasteiger partial charge on any atom is -0.368 e. The maximum atomic E-state index is 11.5. The average Bonchev–Trinajstić information content (AvgIpc) is 2.91. The molecule has 1 saturated heterocycles. The first kappa shape index (κ1) is 13.4. The van der Waals surface area contributed by atoms with Crippen LogP contribution in [0.4, 0.5) is 0 Å². The van der Waals surface area contributed by atoms with Crippen molar-refractivity contribution >= 4 is 11.3 Å². The SMILES string of the molecule is Cc1cc(=O)[nH]c(C2CN(Cc3cscn3)CCO2)n1. The molecule has 2 aromatic rings. The van der Waals surface area contributed by atoms with E-state index in [1.165, 1.54) is 6.07 Å². The van der Waals surface area contributed by atoms with E-state index >= 15 is 0 Å². The summed E-state index contributed by atoms with van der Waals surface area (Å²) in [4.78, 5) is 25.2. The van der Waals surface area contributed by atoms with Crippen LogP contribution in [0.15, 0.2) is 21.8 Å². The lowest BCUT2D eigenvalue weighted by Crippen LogP contribution is -2.39. The van der Waals surface area contributed by atoms with E-state index in [1.54, 1.807) is 11.3 Å². The number of ether oxygens (including phenoxy) is 1. The summed E-state index contributed by atoms with van der Waals surface area (Å²) in [5.41, 5.74) is 3.49. The third-order valence-electron chi connectivity index (χ3n) is 3.21. The minimum atomic E-state index is -0.185. The van der Waals surface area contributed by atoms with Gasteiger partial charge in [0.2, 0.25) is 0 Å². The number of morpholine rings is 1. The number of hydrogen-bond acceptors (Lipinski definition) is 6. The standard InChI is InChI=1S/C13H16N4O2S/c1-9-4-12(18)16-13(15-9)11-6-17(2-3-19-11)5-10-7-20-8-14-10/h4,7-8,11H,2-3,5-6H2,1H3,(H,15,16,18). The van der Waals surface area contributed by atoms with Gasteiger partial charge in [-0.05, 0) is 6.92 Å². The van der Waals surface area contributed by atoms with Crippen LogP contribution in [0, 0.1) is 6.92 Å². The molecule has 20 heavy (non-hydrogen) atoms. The summed E-state index contributed by atoms with van der Waals surface area (Å²) >= 11 is 1.60. The van der Waals surface area contributed by atoms with Gasteiger partial charge in [0.25, 0.3) is 5.56 Å². The number of aryl methyl sites for hydroxylation is 1. The van der Waals surface area contributed by atoms with Crippen molar-refractivity contribution in [3.63, 3.8) is 0 Å². The molecule has 0 radical (unpaired) electrons. The van der Waals surface area contributed by atoms with E-state index in [1.807, 2.05) is 12.4 Å². The summed E-state index contributed by atoms with van der Waals surface area (Å²) in [5.74, 6) is 0.609. The molecule has 6 nitrogen and oxygen atoms in total. The molecule has 3 rings (SSSR count). The summed E-state index contributed by atoms with van der Waals surface area (Å²) in [5, 5.41) is 2.05. The van der Waals surface area contributed by atoms with Crippen LogP contribution in [0.25, 0.3) is 0 Å². The van der Waals surface area contributed by atoms with Crippen LogP contribution in [0.1, 0.15) is 23.3 Å². The van der Waals surface area contributed by atoms with Gasteiger partial charge < -0.3 is 9.72 Å². The van der Waals surface area contributed by atoms with Crippen LogP contribution in [-0.4, -0.2) is 39.5 Å². The first-order chi connectivity index (χ1) is 9.70. The predicted octanol–water partition coefficient (Wildman–Crippen LogP) is 1.11. The Morgan fingerprint density at radius 1 is 1.60 bits per heavy atom. The Morgan fingerprint density at radius 3 is 3.25 bits per heavy atom. The number of nitrogens with one attached hydrogen (secondary N) is 1. The van der Waals surface area contributed by atoms with Crippen molar-refractivity contribution in [1.29, 1.82) is 0 Å². The molecular formula is C13H16N4O2S. The molecule has 0 amide bonds. The van der Waals surface area contributed by atoms with Gasteiger partial charge in [-0.2, -0.15) is 0 Å². The molecule has 2 aromatic heterocycles. The zero-order valence-corrected chi connectivity index (χ0v) is 12.0. The van der Waals surface area contributed by atoms with Gasteiger partial charge in [0.05, 0.1) is 17.8 Å². The van der Waals surface area contributed by atoms with Crippen LogP contribution in [-0.2, 0) is 11.3 Å². The van der Waals surface area contributed by atoms with Crippen molar-refractivity contribution in [1.82, 2.24) is 19.9 Å². The Labute approximate surface area is 120 Å². The van der Waals surface area contributed by atoms with Crippen LogP contribution in [0.3, 0.4) is 0 Å². The molecule has 7 heteroatoms. The second kappa shape index (κ2) is 5.82. The van der Waals surface area contributed by atoms with Crippen LogP contribution in [0.5, 0.6) is 0 Å². The maximum absolute atomic E-state index is 11.5. The third-order valence-corrected chi connectivity index (χ3v) is 3.85. The van der Waals surface area contributed by atoms with Crippen molar-refractivity contribution in [2.24, 2.45) is 0 Å². The van der Waals surface area contributed by atoms with Gasteiger partial charge in [-0.1, -0.05) is 0 Å². The molecule has 1 atom stereocenters. The second-order valence-corrected chi connectivity index (χ2v) is 5.57. The van der Waals surface area contributed by atoms with E-state index in [0.29, 0.717) is 24.7 Å². The predicted molar refractivity (Wildman–Crippen MR) is 75.7 cm³/mol. The van der Waals surface area contributed by atoms with Crippen molar-refractivity contribution < 1.29 is 4.74 Å². The molecule has 106 valence electrons. The lowest BCUT2D eigenvalue weighted by atomic mass is 10.2. The number of nitrogens with zero attached hydrogens (tertiary/aromatic N) is 3. The molecule has 1 unspecified atom stereocenters. The highest BCUT2D eigenvalue weighted by Gasteiger charge is 2.24. The first-order valence-electron chi connectivity index (χ1n) is 6.49. The Bertz CT molecular complexity index is 626. The second-order valence-electron chi connectivity index (χ2n) is 4.85. The summed E-state index contributed by atoms with van der Waals surface area (Å²) in [6.07, 6.45) is -0.185. The highest BCUT2D eigenvalue weighted by Crippen LogP contribution is 2.20. The van der Waals surface area contributed by atoms with Gasteiger partial charge in [-0.3, -0.25) is 9.69 Å². The van der Waals surface area contributed by atoms with E-state index in [0.717, 1.165) is 18.8 Å². The van der Waals surface area contributed by atoms with E-state index in [2.05, 4.69) is 25.2 Å². The van der Waals surface area contributed by atoms with Gasteiger partial charge in [0.15, 0.2) is 0 Å². The Balaban J connectivity index is 1.72. The summed E-state index contributed by atoms with van der Waals surface area (Å²) in [7, 11) is 0. The van der Waals surface area contributed by atoms with Crippen molar-refractivity contribution in [2.45, 2.75) is 19.6 Å². The van der Waals surface area contributed by atoms with Gasteiger partial charge in [-0.15, -0.1) is 11.3 Å². The van der Waals surface area contributed by atoms with E-state index < -0.39 is 0 Å². The lowest BCUT2D eigenvalue weighted by molar-refractivity contribution is -0.0377. The normalized spacial score (nSPS) is 20.1. The summed E-state index contributed by atoms with van der Waals surface area (Å²) in [6, 6.07) is 1.49. The zero-order chi connectivity index (χ0) is 13.9. The molecule has 0 aliphatic carbocycles. The molecule has 0 saturated carbocycles. The Morgan fingerprint density at radius 2 is 2.50 bits per heavy atom. The molecule has 1 aliphatic heterocycles. The Hall–Kier alpha value is -1.57. The molecule has 1 aliphatic rings. The van der Waals surface area contributed by atoms with Crippen molar-refractivity contribution in [3.05, 3.63) is 44.5 Å².